The highest BCUT2D eigenvalue weighted by atomic mass is 16.6. The van der Waals surface area contributed by atoms with Gasteiger partial charge in [-0.05, 0) is 46.5 Å². The summed E-state index contributed by atoms with van der Waals surface area (Å²) >= 11 is 0. The van der Waals surface area contributed by atoms with Gasteiger partial charge in [0.15, 0.2) is 5.78 Å². The van der Waals surface area contributed by atoms with Crippen LogP contribution < -0.4 is 0 Å². The van der Waals surface area contributed by atoms with Crippen molar-refractivity contribution in [1.29, 1.82) is 0 Å². The normalized spacial score (nSPS) is 19.5. The molecule has 5 nitrogen and oxygen atoms in total. The van der Waals surface area contributed by atoms with Gasteiger partial charge in [-0.3, -0.25) is 4.79 Å². The van der Waals surface area contributed by atoms with Crippen molar-refractivity contribution >= 4 is 11.9 Å². The molecule has 1 heterocycles. The van der Waals surface area contributed by atoms with Crippen molar-refractivity contribution in [2.45, 2.75) is 52.2 Å². The third-order valence-electron chi connectivity index (χ3n) is 3.05. The van der Waals surface area contributed by atoms with Gasteiger partial charge in [-0.15, -0.1) is 0 Å². The summed E-state index contributed by atoms with van der Waals surface area (Å²) in [6, 6.07) is 0. The number of hydrogen-bond acceptors (Lipinski definition) is 4. The third-order valence-corrected chi connectivity index (χ3v) is 3.05. The Kier molecular flexibility index (Phi) is 4.73. The summed E-state index contributed by atoms with van der Waals surface area (Å²) in [7, 11) is 0. The Balaban J connectivity index is 2.44. The lowest BCUT2D eigenvalue weighted by Gasteiger charge is -2.34. The van der Waals surface area contributed by atoms with Gasteiger partial charge >= 0.3 is 6.09 Å². The minimum atomic E-state index is -0.897. The first-order valence-electron chi connectivity index (χ1n) is 6.37. The number of rotatable bonds is 2. The molecule has 1 unspecified atom stereocenters. The highest BCUT2D eigenvalue weighted by Gasteiger charge is 2.31. The van der Waals surface area contributed by atoms with Gasteiger partial charge in [0.05, 0.1) is 0 Å². The monoisotopic (exact) mass is 257 g/mol. The van der Waals surface area contributed by atoms with E-state index in [0.717, 1.165) is 0 Å². The number of ether oxygens (including phenoxy) is 1. The Morgan fingerprint density at radius 3 is 2.17 bits per heavy atom. The van der Waals surface area contributed by atoms with Crippen molar-refractivity contribution in [3.63, 3.8) is 0 Å². The van der Waals surface area contributed by atoms with Crippen LogP contribution in [0.5, 0.6) is 0 Å². The number of likely N-dealkylation sites (tertiary alicyclic amines) is 1. The van der Waals surface area contributed by atoms with Crippen LogP contribution in [0, 0.1) is 5.92 Å². The van der Waals surface area contributed by atoms with Crippen LogP contribution >= 0.6 is 0 Å². The fourth-order valence-electron chi connectivity index (χ4n) is 2.06. The number of carbonyl (C=O) groups excluding carboxylic acids is 2. The van der Waals surface area contributed by atoms with Gasteiger partial charge < -0.3 is 14.7 Å². The average Bonchev–Trinajstić information content (AvgIpc) is 2.26. The van der Waals surface area contributed by atoms with Gasteiger partial charge in [0, 0.05) is 13.1 Å². The Bertz CT molecular complexity index is 313. The predicted molar refractivity (Wildman–Crippen MR) is 67.2 cm³/mol. The van der Waals surface area contributed by atoms with Gasteiger partial charge in [0.25, 0.3) is 0 Å². The first kappa shape index (κ1) is 15.0. The van der Waals surface area contributed by atoms with E-state index >= 15 is 0 Å². The minimum absolute atomic E-state index is 0.0406. The smallest absolute Gasteiger partial charge is 0.410 e. The molecule has 5 heteroatoms. The number of hydrogen-bond donors (Lipinski definition) is 1. The molecule has 0 aromatic heterocycles. The molecule has 0 saturated carbocycles. The Labute approximate surface area is 108 Å². The molecular formula is C13H23NO4. The highest BCUT2D eigenvalue weighted by Crippen LogP contribution is 2.22. The predicted octanol–water partition coefficient (Wildman–Crippen LogP) is 1.58. The number of piperidine rings is 1. The largest absolute Gasteiger partial charge is 0.444 e. The molecule has 0 aromatic rings. The van der Waals surface area contributed by atoms with Gasteiger partial charge in [-0.2, -0.15) is 0 Å². The molecule has 0 radical (unpaired) electrons. The maximum atomic E-state index is 11.8. The molecule has 1 rings (SSSR count). The van der Waals surface area contributed by atoms with E-state index in [1.165, 1.54) is 6.92 Å². The van der Waals surface area contributed by atoms with Gasteiger partial charge in [0.1, 0.15) is 11.7 Å². The van der Waals surface area contributed by atoms with Gasteiger partial charge in [-0.1, -0.05) is 0 Å². The number of aliphatic hydroxyl groups is 1. The molecular weight excluding hydrogens is 234 g/mol. The fraction of sp³-hybridized carbons (Fsp3) is 0.846. The standard InChI is InChI=1S/C13H23NO4/c1-9(15)11(16)10-5-7-14(8-6-10)12(17)18-13(2,3)4/h10-11,16H,5-8H2,1-4H3. The van der Waals surface area contributed by atoms with E-state index in [4.69, 9.17) is 4.74 Å². The van der Waals surface area contributed by atoms with Crippen LogP contribution in [0.2, 0.25) is 0 Å². The maximum Gasteiger partial charge on any atom is 0.410 e. The molecule has 0 aromatic carbocycles. The van der Waals surface area contributed by atoms with Crippen LogP contribution in [0.1, 0.15) is 40.5 Å². The van der Waals surface area contributed by atoms with E-state index in [1.54, 1.807) is 4.90 Å². The Morgan fingerprint density at radius 2 is 1.78 bits per heavy atom. The number of Topliss-reactive ketones (excluding diaryl/α,β-unsaturated/α-hetero) is 1. The second kappa shape index (κ2) is 5.69. The number of nitrogens with zero attached hydrogens (tertiary/aromatic N) is 1. The van der Waals surface area contributed by atoms with E-state index in [-0.39, 0.29) is 17.8 Å². The van der Waals surface area contributed by atoms with E-state index in [2.05, 4.69) is 0 Å². The van der Waals surface area contributed by atoms with Crippen LogP contribution in [-0.4, -0.2) is 46.7 Å². The second-order valence-electron chi connectivity index (χ2n) is 5.86. The third kappa shape index (κ3) is 4.29. The van der Waals surface area contributed by atoms with E-state index in [0.29, 0.717) is 25.9 Å². The lowest BCUT2D eigenvalue weighted by atomic mass is 9.89. The van der Waals surface area contributed by atoms with E-state index in [9.17, 15) is 14.7 Å². The highest BCUT2D eigenvalue weighted by molar-refractivity contribution is 5.80. The van der Waals surface area contributed by atoms with Crippen molar-refractivity contribution < 1.29 is 19.4 Å². The molecule has 1 fully saturated rings. The number of aliphatic hydroxyl groups excluding tert-OH is 1. The van der Waals surface area contributed by atoms with Gasteiger partial charge in [-0.25, -0.2) is 4.79 Å². The summed E-state index contributed by atoms with van der Waals surface area (Å²) in [4.78, 5) is 24.5. The zero-order valence-electron chi connectivity index (χ0n) is 11.6. The van der Waals surface area contributed by atoms with Crippen molar-refractivity contribution in [1.82, 2.24) is 4.90 Å². The van der Waals surface area contributed by atoms with Crippen molar-refractivity contribution in [2.24, 2.45) is 5.92 Å². The van der Waals surface area contributed by atoms with Crippen molar-refractivity contribution in [3.8, 4) is 0 Å². The first-order chi connectivity index (χ1) is 8.20. The van der Waals surface area contributed by atoms with Crippen LogP contribution in [0.4, 0.5) is 4.79 Å². The molecule has 1 aliphatic heterocycles. The minimum Gasteiger partial charge on any atom is -0.444 e. The van der Waals surface area contributed by atoms with Crippen LogP contribution in [-0.2, 0) is 9.53 Å². The number of carbonyl (C=O) groups is 2. The number of ketones is 1. The molecule has 104 valence electrons. The summed E-state index contributed by atoms with van der Waals surface area (Å²) in [5.41, 5.74) is -0.493. The zero-order valence-corrected chi connectivity index (χ0v) is 11.6. The molecule has 18 heavy (non-hydrogen) atoms. The zero-order chi connectivity index (χ0) is 13.9. The van der Waals surface area contributed by atoms with Crippen LogP contribution in [0.15, 0.2) is 0 Å². The second-order valence-corrected chi connectivity index (χ2v) is 5.86. The summed E-state index contributed by atoms with van der Waals surface area (Å²) < 4.78 is 5.28. The van der Waals surface area contributed by atoms with E-state index < -0.39 is 11.7 Å². The summed E-state index contributed by atoms with van der Waals surface area (Å²) in [6.45, 7) is 7.95. The molecule has 0 bridgehead atoms. The van der Waals surface area contributed by atoms with Crippen LogP contribution in [0.3, 0.4) is 0 Å². The number of amides is 1. The SMILES string of the molecule is CC(=O)C(O)C1CCN(C(=O)OC(C)(C)C)CC1. The Morgan fingerprint density at radius 1 is 1.28 bits per heavy atom. The van der Waals surface area contributed by atoms with Gasteiger partial charge in [0.2, 0.25) is 0 Å². The molecule has 1 amide bonds. The average molecular weight is 257 g/mol. The van der Waals surface area contributed by atoms with E-state index in [1.807, 2.05) is 20.8 Å². The summed E-state index contributed by atoms with van der Waals surface area (Å²) in [6.07, 6.45) is 0.0593. The lowest BCUT2D eigenvalue weighted by Crippen LogP contribution is -2.44. The lowest BCUT2D eigenvalue weighted by molar-refractivity contribution is -0.128. The maximum absolute atomic E-state index is 11.8. The van der Waals surface area contributed by atoms with Crippen molar-refractivity contribution in [3.05, 3.63) is 0 Å². The topological polar surface area (TPSA) is 66.8 Å². The summed E-state index contributed by atoms with van der Waals surface area (Å²) in [5.74, 6) is -0.244. The molecule has 1 saturated heterocycles. The molecule has 1 atom stereocenters. The molecule has 1 N–H and O–H groups in total. The molecule has 0 spiro atoms. The quantitative estimate of drug-likeness (QED) is 0.815. The van der Waals surface area contributed by atoms with Crippen molar-refractivity contribution in [2.75, 3.05) is 13.1 Å². The first-order valence-corrected chi connectivity index (χ1v) is 6.37. The van der Waals surface area contributed by atoms with Crippen LogP contribution in [0.25, 0.3) is 0 Å². The Hall–Kier alpha value is -1.10. The fourth-order valence-corrected chi connectivity index (χ4v) is 2.06. The molecule has 0 aliphatic carbocycles. The summed E-state index contributed by atoms with van der Waals surface area (Å²) in [5, 5.41) is 9.68. The molecule has 1 aliphatic rings.